The Bertz CT molecular complexity index is 522. The standard InChI is InChI=1S/C18H25NO3/c1-22-13-18(8-2-9-18)17(21)19-10-7-15(12-19)11-14-3-5-16(20)6-4-14/h3-6,15,20H,2,7-13H2,1H3. The van der Waals surface area contributed by atoms with Gasteiger partial charge in [0.2, 0.25) is 5.91 Å². The lowest BCUT2D eigenvalue weighted by molar-refractivity contribution is -0.151. The van der Waals surface area contributed by atoms with E-state index in [1.807, 2.05) is 17.0 Å². The fourth-order valence-electron chi connectivity index (χ4n) is 3.78. The minimum atomic E-state index is -0.234. The van der Waals surface area contributed by atoms with Gasteiger partial charge in [0.25, 0.3) is 0 Å². The average Bonchev–Trinajstić information content (AvgIpc) is 2.93. The third kappa shape index (κ3) is 2.98. The monoisotopic (exact) mass is 303 g/mol. The highest BCUT2D eigenvalue weighted by Crippen LogP contribution is 2.43. The van der Waals surface area contributed by atoms with E-state index in [4.69, 9.17) is 4.74 Å². The quantitative estimate of drug-likeness (QED) is 0.909. The zero-order valence-corrected chi connectivity index (χ0v) is 13.3. The van der Waals surface area contributed by atoms with Crippen molar-refractivity contribution in [2.45, 2.75) is 32.1 Å². The number of phenols is 1. The summed E-state index contributed by atoms with van der Waals surface area (Å²) < 4.78 is 5.29. The van der Waals surface area contributed by atoms with Gasteiger partial charge in [-0.15, -0.1) is 0 Å². The van der Waals surface area contributed by atoms with Gasteiger partial charge in [-0.25, -0.2) is 0 Å². The number of benzene rings is 1. The highest BCUT2D eigenvalue weighted by atomic mass is 16.5. The van der Waals surface area contributed by atoms with Crippen molar-refractivity contribution >= 4 is 5.91 Å². The van der Waals surface area contributed by atoms with E-state index in [1.54, 1.807) is 19.2 Å². The number of methoxy groups -OCH3 is 1. The number of aromatic hydroxyl groups is 1. The molecule has 1 saturated heterocycles. The van der Waals surface area contributed by atoms with Crippen molar-refractivity contribution in [3.63, 3.8) is 0 Å². The number of ether oxygens (including phenoxy) is 1. The average molecular weight is 303 g/mol. The van der Waals surface area contributed by atoms with Gasteiger partial charge in [-0.2, -0.15) is 0 Å². The van der Waals surface area contributed by atoms with Crippen molar-refractivity contribution < 1.29 is 14.6 Å². The minimum absolute atomic E-state index is 0.234. The zero-order chi connectivity index (χ0) is 15.6. The van der Waals surface area contributed by atoms with Crippen molar-refractivity contribution in [3.05, 3.63) is 29.8 Å². The predicted octanol–water partition coefficient (Wildman–Crippen LogP) is 2.60. The van der Waals surface area contributed by atoms with E-state index in [9.17, 15) is 9.90 Å². The first-order valence-corrected chi connectivity index (χ1v) is 8.19. The van der Waals surface area contributed by atoms with Gasteiger partial charge in [0.05, 0.1) is 12.0 Å². The highest BCUT2D eigenvalue weighted by Gasteiger charge is 2.47. The summed E-state index contributed by atoms with van der Waals surface area (Å²) >= 11 is 0. The van der Waals surface area contributed by atoms with Crippen LogP contribution in [0.2, 0.25) is 0 Å². The fraction of sp³-hybridized carbons (Fsp3) is 0.611. The Balaban J connectivity index is 1.57. The third-order valence-corrected chi connectivity index (χ3v) is 5.22. The van der Waals surface area contributed by atoms with Crippen molar-refractivity contribution in [2.24, 2.45) is 11.3 Å². The van der Waals surface area contributed by atoms with Crippen molar-refractivity contribution in [1.29, 1.82) is 0 Å². The molecule has 1 amide bonds. The van der Waals surface area contributed by atoms with E-state index >= 15 is 0 Å². The van der Waals surface area contributed by atoms with Crippen LogP contribution in [0, 0.1) is 11.3 Å². The van der Waals surface area contributed by atoms with Crippen LogP contribution in [-0.2, 0) is 16.0 Å². The van der Waals surface area contributed by atoms with Crippen molar-refractivity contribution in [2.75, 3.05) is 26.8 Å². The Morgan fingerprint density at radius 1 is 1.36 bits per heavy atom. The molecule has 1 aliphatic heterocycles. The molecule has 0 aromatic heterocycles. The molecule has 0 radical (unpaired) electrons. The lowest BCUT2D eigenvalue weighted by Crippen LogP contribution is -2.49. The first-order valence-electron chi connectivity index (χ1n) is 8.19. The molecule has 1 heterocycles. The van der Waals surface area contributed by atoms with Gasteiger partial charge >= 0.3 is 0 Å². The molecule has 1 N–H and O–H groups in total. The molecule has 2 aliphatic rings. The van der Waals surface area contributed by atoms with Crippen molar-refractivity contribution in [3.8, 4) is 5.75 Å². The first-order chi connectivity index (χ1) is 10.6. The van der Waals surface area contributed by atoms with Crippen LogP contribution in [0.4, 0.5) is 0 Å². The second kappa shape index (κ2) is 6.29. The van der Waals surface area contributed by atoms with Crippen LogP contribution in [0.1, 0.15) is 31.2 Å². The highest BCUT2D eigenvalue weighted by molar-refractivity contribution is 5.84. The summed E-state index contributed by atoms with van der Waals surface area (Å²) in [5.74, 6) is 1.13. The van der Waals surface area contributed by atoms with Gasteiger partial charge in [0.15, 0.2) is 0 Å². The zero-order valence-electron chi connectivity index (χ0n) is 13.3. The summed E-state index contributed by atoms with van der Waals surface area (Å²) in [7, 11) is 1.69. The van der Waals surface area contributed by atoms with E-state index in [0.717, 1.165) is 45.2 Å². The molecule has 1 aromatic rings. The molecule has 2 fully saturated rings. The van der Waals surface area contributed by atoms with E-state index in [0.29, 0.717) is 24.2 Å². The summed E-state index contributed by atoms with van der Waals surface area (Å²) in [6.07, 6.45) is 5.12. The molecule has 1 unspecified atom stereocenters. The minimum Gasteiger partial charge on any atom is -0.508 e. The second-order valence-corrected chi connectivity index (χ2v) is 6.84. The predicted molar refractivity (Wildman–Crippen MR) is 84.7 cm³/mol. The van der Waals surface area contributed by atoms with Crippen LogP contribution in [-0.4, -0.2) is 42.7 Å². The number of carbonyl (C=O) groups excluding carboxylic acids is 1. The molecule has 0 bridgehead atoms. The number of hydrogen-bond acceptors (Lipinski definition) is 3. The lowest BCUT2D eigenvalue weighted by atomic mass is 9.68. The van der Waals surface area contributed by atoms with Crippen LogP contribution < -0.4 is 0 Å². The molecule has 4 nitrogen and oxygen atoms in total. The molecular weight excluding hydrogens is 278 g/mol. The molecule has 1 atom stereocenters. The number of nitrogens with zero attached hydrogens (tertiary/aromatic N) is 1. The molecule has 1 aliphatic carbocycles. The van der Waals surface area contributed by atoms with Gasteiger partial charge in [-0.3, -0.25) is 4.79 Å². The van der Waals surface area contributed by atoms with Crippen LogP contribution in [0.15, 0.2) is 24.3 Å². The molecule has 120 valence electrons. The Morgan fingerprint density at radius 2 is 2.09 bits per heavy atom. The number of rotatable bonds is 5. The topological polar surface area (TPSA) is 49.8 Å². The maximum atomic E-state index is 12.8. The van der Waals surface area contributed by atoms with E-state index in [2.05, 4.69) is 0 Å². The van der Waals surface area contributed by atoms with Crippen molar-refractivity contribution in [1.82, 2.24) is 4.90 Å². The molecular formula is C18H25NO3. The third-order valence-electron chi connectivity index (χ3n) is 5.22. The van der Waals surface area contributed by atoms with Crippen LogP contribution >= 0.6 is 0 Å². The molecule has 22 heavy (non-hydrogen) atoms. The SMILES string of the molecule is COCC1(C(=O)N2CCC(Cc3ccc(O)cc3)C2)CCC1. The number of hydrogen-bond donors (Lipinski definition) is 1. The lowest BCUT2D eigenvalue weighted by Gasteiger charge is -2.42. The first kappa shape index (κ1) is 15.3. The van der Waals surface area contributed by atoms with E-state index in [1.165, 1.54) is 5.56 Å². The molecule has 0 spiro atoms. The Labute approximate surface area is 132 Å². The summed E-state index contributed by atoms with van der Waals surface area (Å²) in [4.78, 5) is 14.8. The van der Waals surface area contributed by atoms with Gasteiger partial charge in [0.1, 0.15) is 5.75 Å². The summed E-state index contributed by atoms with van der Waals surface area (Å²) in [5.41, 5.74) is 0.995. The summed E-state index contributed by atoms with van der Waals surface area (Å²) in [6, 6.07) is 7.40. The van der Waals surface area contributed by atoms with E-state index in [-0.39, 0.29) is 5.41 Å². The smallest absolute Gasteiger partial charge is 0.231 e. The number of carbonyl (C=O) groups is 1. The number of phenolic OH excluding ortho intramolecular Hbond substituents is 1. The fourth-order valence-corrected chi connectivity index (χ4v) is 3.78. The molecule has 1 saturated carbocycles. The largest absolute Gasteiger partial charge is 0.508 e. The van der Waals surface area contributed by atoms with Gasteiger partial charge in [0, 0.05) is 20.2 Å². The number of amides is 1. The van der Waals surface area contributed by atoms with Crippen LogP contribution in [0.25, 0.3) is 0 Å². The Morgan fingerprint density at radius 3 is 2.68 bits per heavy atom. The Hall–Kier alpha value is -1.55. The van der Waals surface area contributed by atoms with Crippen LogP contribution in [0.3, 0.4) is 0 Å². The maximum absolute atomic E-state index is 12.8. The van der Waals surface area contributed by atoms with Crippen LogP contribution in [0.5, 0.6) is 5.75 Å². The van der Waals surface area contributed by atoms with Gasteiger partial charge in [-0.1, -0.05) is 18.6 Å². The molecule has 3 rings (SSSR count). The van der Waals surface area contributed by atoms with E-state index < -0.39 is 0 Å². The Kier molecular flexibility index (Phi) is 4.39. The molecule has 4 heteroatoms. The molecule has 1 aromatic carbocycles. The summed E-state index contributed by atoms with van der Waals surface area (Å²) in [5, 5.41) is 9.34. The second-order valence-electron chi connectivity index (χ2n) is 6.84. The number of likely N-dealkylation sites (tertiary alicyclic amines) is 1. The van der Waals surface area contributed by atoms with Gasteiger partial charge in [-0.05, 0) is 49.3 Å². The van der Waals surface area contributed by atoms with Gasteiger partial charge < -0.3 is 14.7 Å². The maximum Gasteiger partial charge on any atom is 0.231 e. The summed E-state index contributed by atoms with van der Waals surface area (Å²) in [6.45, 7) is 2.28. The normalized spacial score (nSPS) is 23.3.